The van der Waals surface area contributed by atoms with Crippen molar-refractivity contribution in [2.75, 3.05) is 13.1 Å². The summed E-state index contributed by atoms with van der Waals surface area (Å²) in [6.07, 6.45) is 2.40. The summed E-state index contributed by atoms with van der Waals surface area (Å²) >= 11 is 0. The molecule has 98 valence electrons. The Balaban J connectivity index is 3.82. The van der Waals surface area contributed by atoms with E-state index in [0.29, 0.717) is 11.5 Å². The molecule has 0 saturated heterocycles. The van der Waals surface area contributed by atoms with Gasteiger partial charge in [0.1, 0.15) is 0 Å². The zero-order valence-electron chi connectivity index (χ0n) is 12.4. The highest BCUT2D eigenvalue weighted by molar-refractivity contribution is 4.83. The van der Waals surface area contributed by atoms with Crippen molar-refractivity contribution in [1.82, 2.24) is 10.6 Å². The summed E-state index contributed by atoms with van der Waals surface area (Å²) in [5.74, 6) is 0. The molecule has 0 aromatic carbocycles. The van der Waals surface area contributed by atoms with E-state index in [4.69, 9.17) is 0 Å². The SMILES string of the molecule is CCNC(C)CCNC(C)(C)CC(C)(C)C. The molecule has 0 aliphatic rings. The van der Waals surface area contributed by atoms with Crippen LogP contribution in [-0.4, -0.2) is 24.7 Å². The molecule has 0 spiro atoms. The Morgan fingerprint density at radius 1 is 1.06 bits per heavy atom. The second kappa shape index (κ2) is 6.61. The van der Waals surface area contributed by atoms with Crippen molar-refractivity contribution >= 4 is 0 Å². The first kappa shape index (κ1) is 15.9. The van der Waals surface area contributed by atoms with Crippen LogP contribution in [0.2, 0.25) is 0 Å². The fourth-order valence-corrected chi connectivity index (χ4v) is 2.47. The maximum atomic E-state index is 3.66. The van der Waals surface area contributed by atoms with Gasteiger partial charge in [-0.1, -0.05) is 27.7 Å². The minimum atomic E-state index is 0.240. The average molecular weight is 228 g/mol. The molecule has 1 unspecified atom stereocenters. The molecule has 0 aliphatic carbocycles. The molecule has 1 atom stereocenters. The predicted octanol–water partition coefficient (Wildman–Crippen LogP) is 3.18. The molecule has 0 fully saturated rings. The van der Waals surface area contributed by atoms with Crippen molar-refractivity contribution in [2.24, 2.45) is 5.41 Å². The van der Waals surface area contributed by atoms with Crippen LogP contribution in [0.25, 0.3) is 0 Å². The first-order valence-corrected chi connectivity index (χ1v) is 6.65. The van der Waals surface area contributed by atoms with E-state index in [0.717, 1.165) is 13.1 Å². The summed E-state index contributed by atoms with van der Waals surface area (Å²) in [5.41, 5.74) is 0.633. The molecule has 0 saturated carbocycles. The van der Waals surface area contributed by atoms with Gasteiger partial charge >= 0.3 is 0 Å². The summed E-state index contributed by atoms with van der Waals surface area (Å²) < 4.78 is 0. The lowest BCUT2D eigenvalue weighted by Gasteiger charge is -2.34. The molecule has 0 heterocycles. The van der Waals surface area contributed by atoms with E-state index in [1.165, 1.54) is 12.8 Å². The minimum absolute atomic E-state index is 0.240. The van der Waals surface area contributed by atoms with Crippen molar-refractivity contribution in [3.05, 3.63) is 0 Å². The van der Waals surface area contributed by atoms with Crippen LogP contribution in [0.5, 0.6) is 0 Å². The molecule has 2 heteroatoms. The Hall–Kier alpha value is -0.0800. The maximum Gasteiger partial charge on any atom is 0.0130 e. The van der Waals surface area contributed by atoms with Crippen LogP contribution in [0.3, 0.4) is 0 Å². The van der Waals surface area contributed by atoms with Gasteiger partial charge in [-0.15, -0.1) is 0 Å². The Bertz CT molecular complexity index is 180. The van der Waals surface area contributed by atoms with E-state index in [2.05, 4.69) is 59.1 Å². The molecule has 16 heavy (non-hydrogen) atoms. The highest BCUT2D eigenvalue weighted by Gasteiger charge is 2.24. The fourth-order valence-electron chi connectivity index (χ4n) is 2.47. The molecule has 0 aromatic rings. The van der Waals surface area contributed by atoms with Crippen LogP contribution in [0.1, 0.15) is 61.3 Å². The van der Waals surface area contributed by atoms with E-state index in [1.54, 1.807) is 0 Å². The molecule has 0 radical (unpaired) electrons. The van der Waals surface area contributed by atoms with Gasteiger partial charge in [0.05, 0.1) is 0 Å². The lowest BCUT2D eigenvalue weighted by atomic mass is 9.82. The molecule has 0 rings (SSSR count). The summed E-state index contributed by atoms with van der Waals surface area (Å²) in [5, 5.41) is 7.10. The van der Waals surface area contributed by atoms with Crippen molar-refractivity contribution in [3.63, 3.8) is 0 Å². The molecule has 0 amide bonds. The van der Waals surface area contributed by atoms with Crippen LogP contribution in [-0.2, 0) is 0 Å². The Morgan fingerprint density at radius 2 is 1.62 bits per heavy atom. The van der Waals surface area contributed by atoms with Crippen molar-refractivity contribution in [1.29, 1.82) is 0 Å². The Kier molecular flexibility index (Phi) is 6.57. The number of hydrogen-bond donors (Lipinski definition) is 2. The number of hydrogen-bond acceptors (Lipinski definition) is 2. The van der Waals surface area contributed by atoms with Crippen molar-refractivity contribution in [3.8, 4) is 0 Å². The first-order chi connectivity index (χ1) is 7.16. The third kappa shape index (κ3) is 9.17. The van der Waals surface area contributed by atoms with Crippen LogP contribution in [0.15, 0.2) is 0 Å². The molecule has 2 nitrogen and oxygen atoms in total. The third-order valence-electron chi connectivity index (χ3n) is 2.71. The van der Waals surface area contributed by atoms with E-state index in [1.807, 2.05) is 0 Å². The van der Waals surface area contributed by atoms with E-state index in [9.17, 15) is 0 Å². The molecular formula is C14H32N2. The van der Waals surface area contributed by atoms with Crippen LogP contribution in [0.4, 0.5) is 0 Å². The second-order valence-electron chi connectivity index (χ2n) is 6.80. The summed E-state index contributed by atoms with van der Waals surface area (Å²) in [6, 6.07) is 0.614. The van der Waals surface area contributed by atoms with E-state index < -0.39 is 0 Å². The van der Waals surface area contributed by atoms with Gasteiger partial charge in [-0.25, -0.2) is 0 Å². The number of rotatable bonds is 7. The fraction of sp³-hybridized carbons (Fsp3) is 1.00. The number of nitrogens with one attached hydrogen (secondary N) is 2. The minimum Gasteiger partial charge on any atom is -0.314 e. The van der Waals surface area contributed by atoms with Crippen molar-refractivity contribution < 1.29 is 0 Å². The zero-order valence-corrected chi connectivity index (χ0v) is 12.4. The Labute approximate surface area is 103 Å². The van der Waals surface area contributed by atoms with E-state index in [-0.39, 0.29) is 5.54 Å². The molecule has 0 aliphatic heterocycles. The average Bonchev–Trinajstić information content (AvgIpc) is 1.98. The van der Waals surface area contributed by atoms with Gasteiger partial charge in [-0.05, 0) is 52.1 Å². The highest BCUT2D eigenvalue weighted by Crippen LogP contribution is 2.26. The van der Waals surface area contributed by atoms with Gasteiger partial charge in [-0.3, -0.25) is 0 Å². The summed E-state index contributed by atoms with van der Waals surface area (Å²) in [6.45, 7) is 18.1. The molecule has 0 aromatic heterocycles. The van der Waals surface area contributed by atoms with Crippen LogP contribution >= 0.6 is 0 Å². The normalized spacial score (nSPS) is 15.2. The van der Waals surface area contributed by atoms with Crippen LogP contribution < -0.4 is 10.6 Å². The topological polar surface area (TPSA) is 24.1 Å². The smallest absolute Gasteiger partial charge is 0.0130 e. The van der Waals surface area contributed by atoms with Gasteiger partial charge in [0.15, 0.2) is 0 Å². The van der Waals surface area contributed by atoms with Gasteiger partial charge in [0.25, 0.3) is 0 Å². The lowest BCUT2D eigenvalue weighted by Crippen LogP contribution is -2.44. The van der Waals surface area contributed by atoms with Crippen molar-refractivity contribution in [2.45, 2.75) is 72.9 Å². The second-order valence-corrected chi connectivity index (χ2v) is 6.80. The third-order valence-corrected chi connectivity index (χ3v) is 2.71. The maximum absolute atomic E-state index is 3.66. The first-order valence-electron chi connectivity index (χ1n) is 6.65. The molecule has 2 N–H and O–H groups in total. The van der Waals surface area contributed by atoms with Gasteiger partial charge < -0.3 is 10.6 Å². The van der Waals surface area contributed by atoms with Gasteiger partial charge in [0, 0.05) is 11.6 Å². The largest absolute Gasteiger partial charge is 0.314 e. The molecule has 0 bridgehead atoms. The van der Waals surface area contributed by atoms with E-state index >= 15 is 0 Å². The summed E-state index contributed by atoms with van der Waals surface area (Å²) in [7, 11) is 0. The quantitative estimate of drug-likeness (QED) is 0.699. The highest BCUT2D eigenvalue weighted by atomic mass is 15.0. The summed E-state index contributed by atoms with van der Waals surface area (Å²) in [4.78, 5) is 0. The molecular weight excluding hydrogens is 196 g/mol. The lowest BCUT2D eigenvalue weighted by molar-refractivity contribution is 0.240. The van der Waals surface area contributed by atoms with Gasteiger partial charge in [0.2, 0.25) is 0 Å². The zero-order chi connectivity index (χ0) is 12.8. The van der Waals surface area contributed by atoms with Gasteiger partial charge in [-0.2, -0.15) is 0 Å². The predicted molar refractivity (Wildman–Crippen MR) is 73.9 cm³/mol. The monoisotopic (exact) mass is 228 g/mol. The van der Waals surface area contributed by atoms with Crippen LogP contribution in [0, 0.1) is 5.41 Å². The Morgan fingerprint density at radius 3 is 2.06 bits per heavy atom. The standard InChI is InChI=1S/C14H32N2/c1-8-15-12(2)9-10-16-14(6,7)11-13(3,4)5/h12,15-16H,8-11H2,1-7H3.